The van der Waals surface area contributed by atoms with Gasteiger partial charge < -0.3 is 15.3 Å². The Balaban J connectivity index is 1.84. The number of aromatic nitrogens is 2. The molecule has 5 heteroatoms. The number of nitrogens with zero attached hydrogens (tertiary/aromatic N) is 3. The van der Waals surface area contributed by atoms with E-state index in [2.05, 4.69) is 54.2 Å². The molecule has 0 unspecified atom stereocenters. The van der Waals surface area contributed by atoms with Gasteiger partial charge in [-0.1, -0.05) is 32.0 Å². The molecule has 3 rings (SSSR count). The van der Waals surface area contributed by atoms with Crippen molar-refractivity contribution in [1.29, 1.82) is 0 Å². The third kappa shape index (κ3) is 4.15. The summed E-state index contributed by atoms with van der Waals surface area (Å²) in [5.74, 6) is 1.72. The number of rotatable bonds is 6. The molecule has 0 amide bonds. The third-order valence-electron chi connectivity index (χ3n) is 5.16. The second kappa shape index (κ2) is 8.04. The van der Waals surface area contributed by atoms with Gasteiger partial charge in [0.1, 0.15) is 5.82 Å². The topological polar surface area (TPSA) is 61.3 Å². The van der Waals surface area contributed by atoms with E-state index in [0.29, 0.717) is 6.04 Å². The van der Waals surface area contributed by atoms with Crippen LogP contribution in [0, 0.1) is 0 Å². The molecule has 1 aromatic heterocycles. The summed E-state index contributed by atoms with van der Waals surface area (Å²) in [6.07, 6.45) is 2.49. The van der Waals surface area contributed by atoms with E-state index in [0.717, 1.165) is 55.4 Å². The van der Waals surface area contributed by atoms with Crippen LogP contribution in [0.15, 0.2) is 24.3 Å². The Kier molecular flexibility index (Phi) is 5.77. The van der Waals surface area contributed by atoms with Crippen molar-refractivity contribution >= 4 is 11.8 Å². The van der Waals surface area contributed by atoms with Crippen LogP contribution in [0.25, 0.3) is 0 Å². The van der Waals surface area contributed by atoms with Crippen molar-refractivity contribution in [1.82, 2.24) is 9.97 Å². The van der Waals surface area contributed by atoms with E-state index in [4.69, 9.17) is 4.98 Å². The van der Waals surface area contributed by atoms with Gasteiger partial charge in [-0.25, -0.2) is 4.98 Å². The molecule has 2 N–H and O–H groups in total. The van der Waals surface area contributed by atoms with Crippen molar-refractivity contribution in [3.63, 3.8) is 0 Å². The first-order valence-corrected chi connectivity index (χ1v) is 9.69. The first-order valence-electron chi connectivity index (χ1n) is 9.69. The Morgan fingerprint density at radius 2 is 1.96 bits per heavy atom. The molecule has 26 heavy (non-hydrogen) atoms. The highest BCUT2D eigenvalue weighted by atomic mass is 16.3. The summed E-state index contributed by atoms with van der Waals surface area (Å²) in [6.45, 7) is 10.0. The van der Waals surface area contributed by atoms with E-state index in [9.17, 15) is 5.11 Å². The molecule has 0 spiro atoms. The van der Waals surface area contributed by atoms with Gasteiger partial charge in [-0.15, -0.1) is 0 Å². The largest absolute Gasteiger partial charge is 0.389 e. The molecule has 0 bridgehead atoms. The first-order chi connectivity index (χ1) is 12.5. The molecule has 2 aromatic rings. The number of fused-ring (bicyclic) bond motifs is 1. The zero-order valence-corrected chi connectivity index (χ0v) is 16.3. The van der Waals surface area contributed by atoms with Gasteiger partial charge in [0.25, 0.3) is 0 Å². The number of aryl methyl sites for hydroxylation is 1. The molecule has 1 aromatic carbocycles. The zero-order valence-electron chi connectivity index (χ0n) is 16.3. The summed E-state index contributed by atoms with van der Waals surface area (Å²) >= 11 is 0. The van der Waals surface area contributed by atoms with Crippen LogP contribution in [-0.2, 0) is 19.4 Å². The molecule has 0 fully saturated rings. The summed E-state index contributed by atoms with van der Waals surface area (Å²) in [7, 11) is 0. The number of hydrogen-bond donors (Lipinski definition) is 2. The van der Waals surface area contributed by atoms with Gasteiger partial charge in [0.2, 0.25) is 5.95 Å². The van der Waals surface area contributed by atoms with Crippen LogP contribution in [0.5, 0.6) is 0 Å². The lowest BCUT2D eigenvalue weighted by Gasteiger charge is -2.31. The van der Waals surface area contributed by atoms with Crippen LogP contribution in [0.2, 0.25) is 0 Å². The molecule has 0 saturated carbocycles. The number of anilines is 2. The fourth-order valence-corrected chi connectivity index (χ4v) is 3.24. The Morgan fingerprint density at radius 1 is 1.15 bits per heavy atom. The SMILES string of the molecule is CCc1cc(N2CCc3cc([C@@H](C)O)ccc3C2)nc(N[C@H](C)CC)n1. The van der Waals surface area contributed by atoms with Crippen LogP contribution in [0.4, 0.5) is 11.8 Å². The van der Waals surface area contributed by atoms with Crippen molar-refractivity contribution in [3.05, 3.63) is 46.6 Å². The summed E-state index contributed by atoms with van der Waals surface area (Å²) < 4.78 is 0. The molecule has 0 saturated heterocycles. The number of benzene rings is 1. The van der Waals surface area contributed by atoms with E-state index in [1.54, 1.807) is 0 Å². The minimum Gasteiger partial charge on any atom is -0.389 e. The van der Waals surface area contributed by atoms with E-state index >= 15 is 0 Å². The average Bonchev–Trinajstić information content (AvgIpc) is 2.66. The summed E-state index contributed by atoms with van der Waals surface area (Å²) in [4.78, 5) is 11.7. The van der Waals surface area contributed by atoms with Gasteiger partial charge in [-0.05, 0) is 49.8 Å². The van der Waals surface area contributed by atoms with Crippen molar-refractivity contribution in [3.8, 4) is 0 Å². The van der Waals surface area contributed by atoms with Crippen LogP contribution >= 0.6 is 0 Å². The average molecular weight is 354 g/mol. The van der Waals surface area contributed by atoms with Crippen molar-refractivity contribution in [2.75, 3.05) is 16.8 Å². The third-order valence-corrected chi connectivity index (χ3v) is 5.16. The number of hydrogen-bond acceptors (Lipinski definition) is 5. The van der Waals surface area contributed by atoms with E-state index in [1.165, 1.54) is 11.1 Å². The van der Waals surface area contributed by atoms with Crippen molar-refractivity contribution < 1.29 is 5.11 Å². The zero-order chi connectivity index (χ0) is 18.7. The molecule has 5 nitrogen and oxygen atoms in total. The first kappa shape index (κ1) is 18.6. The summed E-state index contributed by atoms with van der Waals surface area (Å²) in [6, 6.07) is 8.78. The smallest absolute Gasteiger partial charge is 0.225 e. The van der Waals surface area contributed by atoms with Gasteiger partial charge in [0, 0.05) is 30.9 Å². The molecule has 1 aliphatic heterocycles. The highest BCUT2D eigenvalue weighted by Gasteiger charge is 2.20. The second-order valence-corrected chi connectivity index (χ2v) is 7.22. The monoisotopic (exact) mass is 354 g/mol. The van der Waals surface area contributed by atoms with Crippen molar-refractivity contribution in [2.45, 2.75) is 65.6 Å². The van der Waals surface area contributed by atoms with E-state index < -0.39 is 6.10 Å². The maximum Gasteiger partial charge on any atom is 0.225 e. The standard InChI is InChI=1S/C21H30N4O/c1-5-14(3)22-21-23-19(6-2)12-20(24-21)25-10-9-17-11-16(15(4)26)7-8-18(17)13-25/h7-8,11-12,14-15,26H,5-6,9-10,13H2,1-4H3,(H,22,23,24)/t14-,15-/m1/s1. The van der Waals surface area contributed by atoms with Crippen LogP contribution in [0.3, 0.4) is 0 Å². The van der Waals surface area contributed by atoms with Crippen LogP contribution in [0.1, 0.15) is 62.6 Å². The minimum absolute atomic E-state index is 0.357. The molecule has 140 valence electrons. The number of aliphatic hydroxyl groups is 1. The maximum absolute atomic E-state index is 9.80. The highest BCUT2D eigenvalue weighted by molar-refractivity contribution is 5.49. The molecule has 2 atom stereocenters. The lowest BCUT2D eigenvalue weighted by atomic mass is 9.96. The molecule has 0 radical (unpaired) electrons. The summed E-state index contributed by atoms with van der Waals surface area (Å²) in [5.41, 5.74) is 4.71. The molecular formula is C21H30N4O. The minimum atomic E-state index is -0.415. The van der Waals surface area contributed by atoms with Crippen LogP contribution in [-0.4, -0.2) is 27.7 Å². The maximum atomic E-state index is 9.80. The van der Waals surface area contributed by atoms with Crippen LogP contribution < -0.4 is 10.2 Å². The second-order valence-electron chi connectivity index (χ2n) is 7.22. The predicted molar refractivity (Wildman–Crippen MR) is 107 cm³/mol. The molecule has 2 heterocycles. The number of nitrogens with one attached hydrogen (secondary N) is 1. The lowest BCUT2D eigenvalue weighted by molar-refractivity contribution is 0.199. The fraction of sp³-hybridized carbons (Fsp3) is 0.524. The van der Waals surface area contributed by atoms with Crippen molar-refractivity contribution in [2.24, 2.45) is 0 Å². The quantitative estimate of drug-likeness (QED) is 0.825. The highest BCUT2D eigenvalue weighted by Crippen LogP contribution is 2.27. The van der Waals surface area contributed by atoms with Gasteiger partial charge in [0.05, 0.1) is 6.10 Å². The van der Waals surface area contributed by atoms with Gasteiger partial charge in [-0.2, -0.15) is 4.98 Å². The Bertz CT molecular complexity index is 760. The Morgan fingerprint density at radius 3 is 2.65 bits per heavy atom. The molecule has 0 aliphatic carbocycles. The molecular weight excluding hydrogens is 324 g/mol. The van der Waals surface area contributed by atoms with E-state index in [-0.39, 0.29) is 0 Å². The predicted octanol–water partition coefficient (Wildman–Crippen LogP) is 3.87. The number of aliphatic hydroxyl groups excluding tert-OH is 1. The van der Waals surface area contributed by atoms with Gasteiger partial charge >= 0.3 is 0 Å². The Labute approximate surface area is 156 Å². The van der Waals surface area contributed by atoms with Gasteiger partial charge in [-0.3, -0.25) is 0 Å². The fourth-order valence-electron chi connectivity index (χ4n) is 3.24. The normalized spacial score (nSPS) is 16.1. The lowest BCUT2D eigenvalue weighted by Crippen LogP contribution is -2.31. The Hall–Kier alpha value is -2.14. The van der Waals surface area contributed by atoms with Gasteiger partial charge in [0.15, 0.2) is 0 Å². The van der Waals surface area contributed by atoms with E-state index in [1.807, 2.05) is 13.0 Å². The summed E-state index contributed by atoms with van der Waals surface area (Å²) in [5, 5.41) is 13.2. The molecule has 1 aliphatic rings.